The van der Waals surface area contributed by atoms with Gasteiger partial charge in [-0.1, -0.05) is 0 Å². The molecular formula is H11CaNaO8Si2. The van der Waals surface area contributed by atoms with Crippen LogP contribution in [0.2, 0.25) is 0 Å². The Hall–Kier alpha value is 2.37. The molecule has 0 aromatic heterocycles. The van der Waals surface area contributed by atoms with Crippen LogP contribution in [0.5, 0.6) is 0 Å². The van der Waals surface area contributed by atoms with Gasteiger partial charge >= 0.3 is 85.4 Å². The van der Waals surface area contributed by atoms with E-state index in [4.69, 9.17) is 38.4 Å². The molecule has 0 fully saturated rings. The zero-order valence-corrected chi connectivity index (χ0v) is 12.5. The molecule has 8 nitrogen and oxygen atoms in total. The molecule has 0 atom stereocenters. The third-order valence-corrected chi connectivity index (χ3v) is 0. The molecule has 0 spiro atoms. The molecule has 0 rings (SSSR count). The van der Waals surface area contributed by atoms with Gasteiger partial charge in [-0.25, -0.2) is 0 Å². The second kappa shape index (κ2) is 9.91. The Morgan fingerprint density at radius 2 is 0.583 bits per heavy atom. The van der Waals surface area contributed by atoms with Gasteiger partial charge in [0.25, 0.3) is 0 Å². The number of hydrogen-bond donors (Lipinski definition) is 8. The summed E-state index contributed by atoms with van der Waals surface area (Å²) in [4.78, 5) is 58.6. The van der Waals surface area contributed by atoms with Crippen LogP contribution in [0.25, 0.3) is 0 Å². The molecule has 70 valence electrons. The maximum absolute atomic E-state index is 7.33. The Labute approximate surface area is 126 Å². The summed E-state index contributed by atoms with van der Waals surface area (Å²) >= 11 is 0. The van der Waals surface area contributed by atoms with Crippen molar-refractivity contribution < 1.29 is 72.2 Å². The minimum atomic E-state index is -4.61. The van der Waals surface area contributed by atoms with Gasteiger partial charge < -0.3 is 42.6 Å². The third kappa shape index (κ3) is 284. The molecule has 0 aromatic carbocycles. The van der Waals surface area contributed by atoms with Gasteiger partial charge in [0, 0.05) is 0 Å². The van der Waals surface area contributed by atoms with Crippen molar-refractivity contribution in [2.45, 2.75) is 0 Å². The van der Waals surface area contributed by atoms with E-state index in [2.05, 4.69) is 0 Å². The fourth-order valence-corrected chi connectivity index (χ4v) is 0. The standard InChI is InChI=1S/Ca.Na.2H4O4Si.3H/c;;2*1-5(2,3)4;;;/h;;2*1-4H;;;/q+2;+1;;;3*-1. The van der Waals surface area contributed by atoms with Gasteiger partial charge in [-0.15, -0.1) is 0 Å². The van der Waals surface area contributed by atoms with Crippen LogP contribution in [-0.4, -0.2) is 94.2 Å². The van der Waals surface area contributed by atoms with Crippen LogP contribution in [0.1, 0.15) is 4.28 Å². The smallest absolute Gasteiger partial charge is 1.00 e. The van der Waals surface area contributed by atoms with E-state index in [1.165, 1.54) is 0 Å². The molecule has 0 saturated carbocycles. The molecule has 0 aliphatic carbocycles. The van der Waals surface area contributed by atoms with Gasteiger partial charge in [0.2, 0.25) is 0 Å². The maximum atomic E-state index is 7.33. The van der Waals surface area contributed by atoms with Crippen molar-refractivity contribution in [2.24, 2.45) is 0 Å². The first-order valence-corrected chi connectivity index (χ1v) is 5.37. The number of rotatable bonds is 0. The third-order valence-electron chi connectivity index (χ3n) is 0. The van der Waals surface area contributed by atoms with Crippen molar-refractivity contribution in [1.82, 2.24) is 0 Å². The van der Waals surface area contributed by atoms with E-state index in [1.54, 1.807) is 0 Å². The molecule has 12 heteroatoms. The van der Waals surface area contributed by atoms with E-state index >= 15 is 0 Å². The second-order valence-corrected chi connectivity index (χ2v) is 3.60. The molecule has 0 saturated heterocycles. The Kier molecular flexibility index (Phi) is 19.7. The first-order chi connectivity index (χ1) is 4.00. The van der Waals surface area contributed by atoms with Gasteiger partial charge in [0.05, 0.1) is 0 Å². The zero-order valence-electron chi connectivity index (χ0n) is 9.28. The molecule has 0 heterocycles. The van der Waals surface area contributed by atoms with Crippen LogP contribution in [0.3, 0.4) is 0 Å². The zero-order chi connectivity index (χ0) is 9.00. The monoisotopic (exact) mass is 258 g/mol. The first kappa shape index (κ1) is 23.9. The summed E-state index contributed by atoms with van der Waals surface area (Å²) in [6, 6.07) is 0. The molecule has 0 aliphatic rings. The SMILES string of the molecule is O[Si](O)(O)O.O[Si](O)(O)O.[Ca+2].[H-].[H-].[H-].[Na+]. The summed E-state index contributed by atoms with van der Waals surface area (Å²) in [6.45, 7) is 0. The Bertz CT molecular complexity index is 70.9. The molecule has 0 radical (unpaired) electrons. The van der Waals surface area contributed by atoms with E-state index in [1.807, 2.05) is 0 Å². The summed E-state index contributed by atoms with van der Waals surface area (Å²) in [5.41, 5.74) is 0. The summed E-state index contributed by atoms with van der Waals surface area (Å²) in [6.07, 6.45) is 0. The van der Waals surface area contributed by atoms with Gasteiger partial charge in [-0.3, -0.25) is 0 Å². The molecule has 0 amide bonds. The average molecular weight is 258 g/mol. The van der Waals surface area contributed by atoms with Crippen molar-refractivity contribution in [2.75, 3.05) is 0 Å². The predicted octanol–water partition coefficient (Wildman–Crippen LogP) is -8.26. The predicted molar refractivity (Wildman–Crippen MR) is 38.3 cm³/mol. The fourth-order valence-electron chi connectivity index (χ4n) is 0. The molecular weight excluding hydrogens is 247 g/mol. The van der Waals surface area contributed by atoms with Gasteiger partial charge in [0.15, 0.2) is 0 Å². The van der Waals surface area contributed by atoms with Crippen LogP contribution in [0, 0.1) is 0 Å². The van der Waals surface area contributed by atoms with E-state index in [-0.39, 0.29) is 71.6 Å². The largest absolute Gasteiger partial charge is 2.00 e. The molecule has 0 bridgehead atoms. The molecule has 0 unspecified atom stereocenters. The van der Waals surface area contributed by atoms with E-state index in [0.29, 0.717) is 0 Å². The van der Waals surface area contributed by atoms with Crippen LogP contribution in [0.15, 0.2) is 0 Å². The Balaban J connectivity index is -0.0000000128. The summed E-state index contributed by atoms with van der Waals surface area (Å²) < 4.78 is 0. The fraction of sp³-hybridized carbons (Fsp3) is 0. The van der Waals surface area contributed by atoms with Crippen molar-refractivity contribution >= 4 is 55.8 Å². The van der Waals surface area contributed by atoms with E-state index in [9.17, 15) is 0 Å². The minimum Gasteiger partial charge on any atom is -1.00 e. The Morgan fingerprint density at radius 3 is 0.583 bits per heavy atom. The quantitative estimate of drug-likeness (QED) is 0.199. The summed E-state index contributed by atoms with van der Waals surface area (Å²) in [5, 5.41) is 0. The van der Waals surface area contributed by atoms with Crippen molar-refractivity contribution in [3.63, 3.8) is 0 Å². The van der Waals surface area contributed by atoms with Crippen LogP contribution < -0.4 is 29.6 Å². The summed E-state index contributed by atoms with van der Waals surface area (Å²) in [7, 11) is -9.22. The number of hydrogen-bond acceptors (Lipinski definition) is 8. The van der Waals surface area contributed by atoms with Gasteiger partial charge in [-0.2, -0.15) is 0 Å². The Morgan fingerprint density at radius 1 is 0.583 bits per heavy atom. The van der Waals surface area contributed by atoms with Gasteiger partial charge in [-0.05, 0) is 0 Å². The molecule has 12 heavy (non-hydrogen) atoms. The minimum absolute atomic E-state index is 0. The van der Waals surface area contributed by atoms with Crippen LogP contribution in [-0.2, 0) is 0 Å². The average Bonchev–Trinajstić information content (AvgIpc) is 1.12. The van der Waals surface area contributed by atoms with Crippen LogP contribution >= 0.6 is 0 Å². The normalized spacial score (nSPS) is 10.0. The van der Waals surface area contributed by atoms with Crippen molar-refractivity contribution in [3.8, 4) is 0 Å². The molecule has 8 N–H and O–H groups in total. The van der Waals surface area contributed by atoms with E-state index in [0.717, 1.165) is 0 Å². The van der Waals surface area contributed by atoms with Gasteiger partial charge in [0.1, 0.15) is 0 Å². The van der Waals surface area contributed by atoms with Crippen LogP contribution in [0.4, 0.5) is 0 Å². The van der Waals surface area contributed by atoms with E-state index < -0.39 is 18.1 Å². The van der Waals surface area contributed by atoms with Crippen molar-refractivity contribution in [3.05, 3.63) is 0 Å². The van der Waals surface area contributed by atoms with Crippen molar-refractivity contribution in [1.29, 1.82) is 0 Å². The molecule has 0 aliphatic heterocycles. The topological polar surface area (TPSA) is 162 Å². The first-order valence-electron chi connectivity index (χ1n) is 1.79. The summed E-state index contributed by atoms with van der Waals surface area (Å²) in [5.74, 6) is 0. The maximum Gasteiger partial charge on any atom is 2.00 e. The molecule has 0 aromatic rings. The second-order valence-electron chi connectivity index (χ2n) is 1.20.